The molecule has 36 heavy (non-hydrogen) atoms. The number of rotatable bonds is 12. The minimum Gasteiger partial charge on any atom is -0.493 e. The summed E-state index contributed by atoms with van der Waals surface area (Å²) in [5.74, 6) is 1.47. The van der Waals surface area contributed by atoms with Gasteiger partial charge in [-0.2, -0.15) is 0 Å². The first-order valence-corrected chi connectivity index (χ1v) is 12.1. The number of methoxy groups -OCH3 is 3. The number of carboxylic acid groups (broad SMARTS) is 1. The fourth-order valence-electron chi connectivity index (χ4n) is 4.06. The molecule has 2 aromatic rings. The topological polar surface area (TPSA) is 77.5 Å². The molecule has 0 fully saturated rings. The van der Waals surface area contributed by atoms with Crippen LogP contribution in [0.15, 0.2) is 43.0 Å². The molecule has 2 rings (SSSR count). The summed E-state index contributed by atoms with van der Waals surface area (Å²) in [5.41, 5.74) is 0.00481. The van der Waals surface area contributed by atoms with Gasteiger partial charge in [-0.1, -0.05) is 56.1 Å². The molecule has 1 amide bonds. The van der Waals surface area contributed by atoms with Crippen LogP contribution in [0.3, 0.4) is 0 Å². The highest BCUT2D eigenvalue weighted by Gasteiger charge is 2.43. The molecular weight excluding hydrogens is 505 g/mol. The van der Waals surface area contributed by atoms with Gasteiger partial charge in [0.1, 0.15) is 0 Å². The summed E-state index contributed by atoms with van der Waals surface area (Å²) in [7, 11) is 4.62. The minimum absolute atomic E-state index is 0.0377. The minimum atomic E-state index is -1.10. The molecule has 9 heteroatoms. The second kappa shape index (κ2) is 12.6. The molecule has 0 aliphatic carbocycles. The van der Waals surface area contributed by atoms with Crippen LogP contribution in [0.4, 0.5) is 4.79 Å². The van der Waals surface area contributed by atoms with Crippen molar-refractivity contribution in [2.45, 2.75) is 39.3 Å². The SMILES string of the molecule is C=CC[C@@](COCc1cc(OC)c(OC)c(OC)c1)(c1ccc(Cl)c(Cl)c1)N(CC(C)(C)C)C(=O)O. The van der Waals surface area contributed by atoms with Crippen LogP contribution in [0, 0.1) is 5.41 Å². The van der Waals surface area contributed by atoms with E-state index < -0.39 is 11.6 Å². The standard InChI is InChI=1S/C27H35Cl2NO6/c1-8-11-27(19-9-10-20(28)21(29)14-19,30(25(31)32)16-26(2,3)4)17-36-15-18-12-22(33-5)24(35-7)23(13-18)34-6/h8-10,12-14H,1,11,15-17H2,2-7H3,(H,31,32)/t27-/m1/s1. The maximum atomic E-state index is 12.6. The van der Waals surface area contributed by atoms with Gasteiger partial charge in [0.2, 0.25) is 5.75 Å². The van der Waals surface area contributed by atoms with Crippen LogP contribution in [-0.2, 0) is 16.9 Å². The van der Waals surface area contributed by atoms with E-state index in [1.165, 1.54) is 12.0 Å². The maximum Gasteiger partial charge on any atom is 0.408 e. The second-order valence-electron chi connectivity index (χ2n) is 9.61. The number of hydrogen-bond acceptors (Lipinski definition) is 5. The quantitative estimate of drug-likeness (QED) is 0.291. The van der Waals surface area contributed by atoms with Crippen molar-refractivity contribution in [3.8, 4) is 17.2 Å². The van der Waals surface area contributed by atoms with E-state index in [0.717, 1.165) is 5.56 Å². The Labute approximate surface area is 223 Å². The summed E-state index contributed by atoms with van der Waals surface area (Å²) in [6.45, 7) is 10.3. The average Bonchev–Trinajstić information content (AvgIpc) is 2.82. The zero-order chi connectivity index (χ0) is 27.1. The molecule has 1 atom stereocenters. The van der Waals surface area contributed by atoms with Crippen LogP contribution in [0.1, 0.15) is 38.3 Å². The highest BCUT2D eigenvalue weighted by molar-refractivity contribution is 6.42. The Bertz CT molecular complexity index is 1040. The van der Waals surface area contributed by atoms with Gasteiger partial charge < -0.3 is 24.1 Å². The number of halogens is 2. The summed E-state index contributed by atoms with van der Waals surface area (Å²) in [4.78, 5) is 14.0. The van der Waals surface area contributed by atoms with Crippen LogP contribution in [0.25, 0.3) is 0 Å². The normalized spacial score (nSPS) is 13.0. The highest BCUT2D eigenvalue weighted by atomic mass is 35.5. The van der Waals surface area contributed by atoms with Gasteiger partial charge in [0.15, 0.2) is 11.5 Å². The first-order chi connectivity index (χ1) is 16.9. The van der Waals surface area contributed by atoms with E-state index in [0.29, 0.717) is 39.3 Å². The van der Waals surface area contributed by atoms with Gasteiger partial charge in [-0.15, -0.1) is 6.58 Å². The lowest BCUT2D eigenvalue weighted by molar-refractivity contribution is -0.0216. The van der Waals surface area contributed by atoms with E-state index in [1.807, 2.05) is 20.8 Å². The average molecular weight is 540 g/mol. The number of hydrogen-bond donors (Lipinski definition) is 1. The first kappa shape index (κ1) is 29.6. The molecule has 0 bridgehead atoms. The largest absolute Gasteiger partial charge is 0.493 e. The molecule has 0 saturated carbocycles. The van der Waals surface area contributed by atoms with Crippen LogP contribution in [-0.4, -0.2) is 50.6 Å². The van der Waals surface area contributed by atoms with Crippen molar-refractivity contribution in [1.82, 2.24) is 4.90 Å². The van der Waals surface area contributed by atoms with Crippen molar-refractivity contribution in [3.63, 3.8) is 0 Å². The molecule has 0 unspecified atom stereocenters. The third-order valence-electron chi connectivity index (χ3n) is 5.65. The maximum absolute atomic E-state index is 12.6. The predicted molar refractivity (Wildman–Crippen MR) is 143 cm³/mol. The number of amides is 1. The lowest BCUT2D eigenvalue weighted by atomic mass is 9.83. The van der Waals surface area contributed by atoms with Crippen molar-refractivity contribution in [2.24, 2.45) is 5.41 Å². The van der Waals surface area contributed by atoms with Crippen LogP contribution >= 0.6 is 23.2 Å². The zero-order valence-corrected chi connectivity index (χ0v) is 23.2. The molecule has 2 aromatic carbocycles. The van der Waals surface area contributed by atoms with E-state index in [4.69, 9.17) is 42.1 Å². The highest BCUT2D eigenvalue weighted by Crippen LogP contribution is 2.40. The lowest BCUT2D eigenvalue weighted by Gasteiger charge is -2.45. The van der Waals surface area contributed by atoms with Gasteiger partial charge in [-0.25, -0.2) is 4.79 Å². The first-order valence-electron chi connectivity index (χ1n) is 11.4. The molecule has 0 aliphatic heterocycles. The van der Waals surface area contributed by atoms with Crippen molar-refractivity contribution in [1.29, 1.82) is 0 Å². The van der Waals surface area contributed by atoms with Gasteiger partial charge in [0.25, 0.3) is 0 Å². The number of carbonyl (C=O) groups is 1. The van der Waals surface area contributed by atoms with Crippen molar-refractivity contribution in [3.05, 3.63) is 64.2 Å². The molecule has 0 saturated heterocycles. The van der Waals surface area contributed by atoms with Crippen molar-refractivity contribution in [2.75, 3.05) is 34.5 Å². The van der Waals surface area contributed by atoms with E-state index in [9.17, 15) is 9.90 Å². The second-order valence-corrected chi connectivity index (χ2v) is 10.4. The molecule has 0 aromatic heterocycles. The third kappa shape index (κ3) is 6.99. The Morgan fingerprint density at radius 1 is 1.03 bits per heavy atom. The van der Waals surface area contributed by atoms with Crippen molar-refractivity contribution >= 4 is 29.3 Å². The summed E-state index contributed by atoms with van der Waals surface area (Å²) in [5, 5.41) is 11.0. The van der Waals surface area contributed by atoms with Crippen LogP contribution in [0.2, 0.25) is 10.0 Å². The number of nitrogens with zero attached hydrogens (tertiary/aromatic N) is 1. The van der Waals surface area contributed by atoms with Gasteiger partial charge in [0.05, 0.1) is 50.1 Å². The Balaban J connectivity index is 2.53. The van der Waals surface area contributed by atoms with Gasteiger partial charge in [0, 0.05) is 6.54 Å². The van der Waals surface area contributed by atoms with Crippen molar-refractivity contribution < 1.29 is 28.8 Å². The van der Waals surface area contributed by atoms with E-state index in [2.05, 4.69) is 6.58 Å². The number of ether oxygens (including phenoxy) is 4. The molecule has 0 radical (unpaired) electrons. The molecule has 0 heterocycles. The predicted octanol–water partition coefficient (Wildman–Crippen LogP) is 7.03. The number of benzene rings is 2. The molecule has 7 nitrogen and oxygen atoms in total. The molecule has 198 valence electrons. The summed E-state index contributed by atoms with van der Waals surface area (Å²) in [6, 6.07) is 8.71. The van der Waals surface area contributed by atoms with E-state index in [1.54, 1.807) is 50.6 Å². The lowest BCUT2D eigenvalue weighted by Crippen LogP contribution is -2.54. The Kier molecular flexibility index (Phi) is 10.3. The summed E-state index contributed by atoms with van der Waals surface area (Å²) < 4.78 is 22.5. The summed E-state index contributed by atoms with van der Waals surface area (Å²) in [6.07, 6.45) is 0.904. The molecule has 0 aliphatic rings. The fourth-order valence-corrected chi connectivity index (χ4v) is 4.36. The smallest absolute Gasteiger partial charge is 0.408 e. The Morgan fingerprint density at radius 3 is 2.08 bits per heavy atom. The zero-order valence-electron chi connectivity index (χ0n) is 21.7. The monoisotopic (exact) mass is 539 g/mol. The van der Waals surface area contributed by atoms with E-state index in [-0.39, 0.29) is 25.2 Å². The summed E-state index contributed by atoms with van der Waals surface area (Å²) >= 11 is 12.5. The van der Waals surface area contributed by atoms with Gasteiger partial charge in [-0.3, -0.25) is 4.90 Å². The van der Waals surface area contributed by atoms with Gasteiger partial charge >= 0.3 is 6.09 Å². The van der Waals surface area contributed by atoms with Gasteiger partial charge in [-0.05, 0) is 47.2 Å². The fraction of sp³-hybridized carbons (Fsp3) is 0.444. The Hall–Kier alpha value is -2.61. The van der Waals surface area contributed by atoms with E-state index >= 15 is 0 Å². The molecular formula is C27H35Cl2NO6. The third-order valence-corrected chi connectivity index (χ3v) is 6.39. The van der Waals surface area contributed by atoms with Crippen LogP contribution in [0.5, 0.6) is 17.2 Å². The molecule has 0 spiro atoms. The Morgan fingerprint density at radius 2 is 1.64 bits per heavy atom. The van der Waals surface area contributed by atoms with Crippen LogP contribution < -0.4 is 14.2 Å². The molecule has 1 N–H and O–H groups in total.